The van der Waals surface area contributed by atoms with Gasteiger partial charge in [0.15, 0.2) is 0 Å². The first-order valence-electron chi connectivity index (χ1n) is 6.20. The molecule has 2 rings (SSSR count). The number of rotatable bonds is 6. The molecule has 1 aliphatic rings. The van der Waals surface area contributed by atoms with Crippen LogP contribution in [0.1, 0.15) is 24.4 Å². The van der Waals surface area contributed by atoms with E-state index in [9.17, 15) is 22.7 Å². The zero-order chi connectivity index (χ0) is 14.9. The summed E-state index contributed by atoms with van der Waals surface area (Å²) in [5.41, 5.74) is 5.90. The molecular weight excluding hydrogens is 278 g/mol. The highest BCUT2D eigenvalue weighted by Gasteiger charge is 2.45. The lowest BCUT2D eigenvalue weighted by molar-refractivity contribution is -0.253. The van der Waals surface area contributed by atoms with Gasteiger partial charge < -0.3 is 15.6 Å². The third kappa shape index (κ3) is 3.21. The van der Waals surface area contributed by atoms with Gasteiger partial charge in [-0.1, -0.05) is 18.2 Å². The molecule has 1 aromatic rings. The number of hydrogen-bond donors (Lipinski definition) is 2. The number of aliphatic hydroxyl groups is 1. The Labute approximate surface area is 113 Å². The lowest BCUT2D eigenvalue weighted by atomic mass is 9.98. The molecule has 2 atom stereocenters. The monoisotopic (exact) mass is 293 g/mol. The Morgan fingerprint density at radius 2 is 1.85 bits per heavy atom. The van der Waals surface area contributed by atoms with E-state index in [-0.39, 0.29) is 11.5 Å². The fourth-order valence-electron chi connectivity index (χ4n) is 1.95. The van der Waals surface area contributed by atoms with Crippen LogP contribution in [0.2, 0.25) is 0 Å². The molecule has 0 radical (unpaired) electrons. The Kier molecular flexibility index (Phi) is 4.19. The van der Waals surface area contributed by atoms with E-state index in [0.717, 1.165) is 18.9 Å². The molecule has 0 aromatic heterocycles. The highest BCUT2D eigenvalue weighted by Crippen LogP contribution is 2.40. The summed E-state index contributed by atoms with van der Waals surface area (Å²) in [5, 5.41) is 9.93. The Bertz CT molecular complexity index is 465. The molecule has 0 aliphatic heterocycles. The fraction of sp³-hybridized carbons (Fsp3) is 0.538. The number of hydrogen-bond acceptors (Lipinski definition) is 3. The van der Waals surface area contributed by atoms with Crippen LogP contribution in [0, 0.1) is 5.92 Å². The van der Waals surface area contributed by atoms with Crippen LogP contribution in [0.3, 0.4) is 0 Å². The van der Waals surface area contributed by atoms with Crippen LogP contribution in [0.25, 0.3) is 0 Å². The van der Waals surface area contributed by atoms with Crippen LogP contribution in [0.5, 0.6) is 5.75 Å². The molecule has 3 nitrogen and oxygen atoms in total. The number of aliphatic hydroxyl groups excluding tert-OH is 1. The van der Waals surface area contributed by atoms with E-state index in [1.807, 2.05) is 0 Å². The molecule has 1 fully saturated rings. The quantitative estimate of drug-likeness (QED) is 0.793. The highest BCUT2D eigenvalue weighted by atomic mass is 19.3. The average molecular weight is 293 g/mol. The third-order valence-electron chi connectivity index (χ3n) is 3.25. The van der Waals surface area contributed by atoms with Crippen molar-refractivity contribution < 1.29 is 27.4 Å². The number of benzene rings is 1. The van der Waals surface area contributed by atoms with Gasteiger partial charge in [0, 0.05) is 5.56 Å². The summed E-state index contributed by atoms with van der Waals surface area (Å²) in [4.78, 5) is 0. The van der Waals surface area contributed by atoms with Crippen LogP contribution in [-0.2, 0) is 0 Å². The summed E-state index contributed by atoms with van der Waals surface area (Å²) in [7, 11) is 0. The van der Waals surface area contributed by atoms with E-state index in [1.165, 1.54) is 18.2 Å². The zero-order valence-electron chi connectivity index (χ0n) is 10.5. The van der Waals surface area contributed by atoms with Gasteiger partial charge in [-0.2, -0.15) is 17.6 Å². The second-order valence-corrected chi connectivity index (χ2v) is 4.86. The summed E-state index contributed by atoms with van der Waals surface area (Å²) in [6.07, 6.45) is -7.82. The van der Waals surface area contributed by atoms with Gasteiger partial charge in [-0.15, -0.1) is 0 Å². The van der Waals surface area contributed by atoms with Gasteiger partial charge in [0.2, 0.25) is 0 Å². The van der Waals surface area contributed by atoms with Crippen molar-refractivity contribution in [1.82, 2.24) is 0 Å². The second-order valence-electron chi connectivity index (χ2n) is 4.86. The molecule has 1 aromatic carbocycles. The first-order chi connectivity index (χ1) is 9.33. The first-order valence-corrected chi connectivity index (χ1v) is 6.20. The van der Waals surface area contributed by atoms with E-state index < -0.39 is 30.4 Å². The number of ether oxygens (including phenoxy) is 1. The molecule has 1 aliphatic carbocycles. The summed E-state index contributed by atoms with van der Waals surface area (Å²) >= 11 is 0. The van der Waals surface area contributed by atoms with E-state index in [4.69, 9.17) is 5.73 Å². The molecule has 0 amide bonds. The minimum absolute atomic E-state index is 0.0219. The smallest absolute Gasteiger partial charge is 0.428 e. The van der Waals surface area contributed by atoms with Crippen molar-refractivity contribution in [2.24, 2.45) is 11.7 Å². The van der Waals surface area contributed by atoms with E-state index in [0.29, 0.717) is 0 Å². The number of alkyl halides is 4. The lowest BCUT2D eigenvalue weighted by Gasteiger charge is -2.24. The van der Waals surface area contributed by atoms with E-state index in [2.05, 4.69) is 4.74 Å². The maximum Gasteiger partial charge on any atom is 0.461 e. The molecule has 0 unspecified atom stereocenters. The minimum Gasteiger partial charge on any atom is -0.428 e. The SMILES string of the molecule is N[C@@H](c1ccccc1OC(F)(F)C(F)F)[C@H](O)C1CC1. The summed E-state index contributed by atoms with van der Waals surface area (Å²) in [5.74, 6) is -0.418. The topological polar surface area (TPSA) is 55.5 Å². The van der Waals surface area contributed by atoms with Gasteiger partial charge in [0.1, 0.15) is 5.75 Å². The molecule has 112 valence electrons. The number of para-hydroxylation sites is 1. The largest absolute Gasteiger partial charge is 0.461 e. The Morgan fingerprint density at radius 3 is 2.40 bits per heavy atom. The molecule has 0 heterocycles. The van der Waals surface area contributed by atoms with Crippen molar-refractivity contribution in [1.29, 1.82) is 0 Å². The van der Waals surface area contributed by atoms with Gasteiger partial charge in [-0.3, -0.25) is 0 Å². The van der Waals surface area contributed by atoms with Crippen molar-refractivity contribution >= 4 is 0 Å². The van der Waals surface area contributed by atoms with Crippen molar-refractivity contribution in [3.05, 3.63) is 29.8 Å². The van der Waals surface area contributed by atoms with Crippen LogP contribution < -0.4 is 10.5 Å². The van der Waals surface area contributed by atoms with Crippen LogP contribution in [0.15, 0.2) is 24.3 Å². The van der Waals surface area contributed by atoms with Crippen molar-refractivity contribution in [3.63, 3.8) is 0 Å². The lowest BCUT2D eigenvalue weighted by Crippen LogP contribution is -2.35. The Morgan fingerprint density at radius 1 is 1.25 bits per heavy atom. The molecule has 3 N–H and O–H groups in total. The van der Waals surface area contributed by atoms with Crippen LogP contribution in [0.4, 0.5) is 17.6 Å². The molecule has 7 heteroatoms. The first kappa shape index (κ1) is 15.1. The zero-order valence-corrected chi connectivity index (χ0v) is 10.5. The van der Waals surface area contributed by atoms with E-state index >= 15 is 0 Å². The van der Waals surface area contributed by atoms with Gasteiger partial charge in [-0.05, 0) is 24.8 Å². The van der Waals surface area contributed by atoms with Crippen molar-refractivity contribution in [3.8, 4) is 5.75 Å². The normalized spacial score (nSPS) is 18.9. The maximum atomic E-state index is 13.0. The van der Waals surface area contributed by atoms with Gasteiger partial charge in [0.25, 0.3) is 0 Å². The summed E-state index contributed by atoms with van der Waals surface area (Å²) < 4.78 is 54.4. The Balaban J connectivity index is 2.21. The number of nitrogens with two attached hydrogens (primary N) is 1. The number of halogens is 4. The summed E-state index contributed by atoms with van der Waals surface area (Å²) in [6.45, 7) is 0. The molecule has 0 saturated heterocycles. The standard InChI is InChI=1S/C13H15F4NO2/c14-12(15)13(16,17)20-9-4-2-1-3-8(9)10(18)11(19)7-5-6-7/h1-4,7,10-12,19H,5-6,18H2/t10-,11+/m0/s1. The fourth-order valence-corrected chi connectivity index (χ4v) is 1.95. The molecule has 0 bridgehead atoms. The molecular formula is C13H15F4NO2. The molecule has 1 saturated carbocycles. The molecule has 20 heavy (non-hydrogen) atoms. The van der Waals surface area contributed by atoms with E-state index in [1.54, 1.807) is 0 Å². The van der Waals surface area contributed by atoms with Gasteiger partial charge in [-0.25, -0.2) is 0 Å². The highest BCUT2D eigenvalue weighted by molar-refractivity contribution is 5.37. The molecule has 0 spiro atoms. The second kappa shape index (κ2) is 5.57. The minimum atomic E-state index is -4.60. The third-order valence-corrected chi connectivity index (χ3v) is 3.25. The van der Waals surface area contributed by atoms with Crippen LogP contribution in [-0.4, -0.2) is 23.7 Å². The summed E-state index contributed by atoms with van der Waals surface area (Å²) in [6, 6.07) is 4.45. The predicted molar refractivity (Wildman–Crippen MR) is 63.7 cm³/mol. The van der Waals surface area contributed by atoms with Gasteiger partial charge >= 0.3 is 12.5 Å². The van der Waals surface area contributed by atoms with Gasteiger partial charge in [0.05, 0.1) is 12.1 Å². The van der Waals surface area contributed by atoms with Crippen molar-refractivity contribution in [2.45, 2.75) is 37.5 Å². The van der Waals surface area contributed by atoms with Crippen molar-refractivity contribution in [2.75, 3.05) is 0 Å². The van der Waals surface area contributed by atoms with Crippen LogP contribution >= 0.6 is 0 Å². The predicted octanol–water partition coefficient (Wildman–Crippen LogP) is 2.69. The maximum absolute atomic E-state index is 13.0. The Hall–Kier alpha value is -1.34. The average Bonchev–Trinajstić information content (AvgIpc) is 3.21.